The highest BCUT2D eigenvalue weighted by atomic mass is 16.5. The van der Waals surface area contributed by atoms with E-state index >= 15 is 0 Å². The Bertz CT molecular complexity index is 1210. The van der Waals surface area contributed by atoms with Crippen LogP contribution in [-0.4, -0.2) is 31.9 Å². The van der Waals surface area contributed by atoms with Crippen LogP contribution < -0.4 is 19.6 Å². The lowest BCUT2D eigenvalue weighted by molar-refractivity contribution is 0.0406. The van der Waals surface area contributed by atoms with Crippen molar-refractivity contribution in [2.75, 3.05) is 21.0 Å². The van der Waals surface area contributed by atoms with Gasteiger partial charge in [0.05, 0.1) is 30.7 Å². The van der Waals surface area contributed by atoms with Gasteiger partial charge in [-0.2, -0.15) is 0 Å². The van der Waals surface area contributed by atoms with Crippen molar-refractivity contribution in [3.05, 3.63) is 51.9 Å². The van der Waals surface area contributed by atoms with E-state index in [1.165, 1.54) is 32.1 Å². The molecule has 0 unspecified atom stereocenters. The Morgan fingerprint density at radius 2 is 1.78 bits per heavy atom. The maximum atomic E-state index is 13.6. The molecule has 2 aliphatic rings. The first-order chi connectivity index (χ1) is 15.6. The first-order valence-corrected chi connectivity index (χ1v) is 11.3. The molecule has 0 spiro atoms. The summed E-state index contributed by atoms with van der Waals surface area (Å²) in [5, 5.41) is 0.577. The van der Waals surface area contributed by atoms with Crippen LogP contribution in [0, 0.1) is 6.92 Å². The van der Waals surface area contributed by atoms with Crippen LogP contribution in [-0.2, 0) is 6.54 Å². The summed E-state index contributed by atoms with van der Waals surface area (Å²) in [4.78, 5) is 16.0. The van der Waals surface area contributed by atoms with Gasteiger partial charge in [-0.15, -0.1) is 0 Å². The summed E-state index contributed by atoms with van der Waals surface area (Å²) >= 11 is 0. The third-order valence-corrected chi connectivity index (χ3v) is 6.81. The molecule has 1 aromatic heterocycles. The first kappa shape index (κ1) is 20.9. The van der Waals surface area contributed by atoms with Gasteiger partial charge in [0.1, 0.15) is 23.8 Å². The van der Waals surface area contributed by atoms with Crippen LogP contribution in [0.5, 0.6) is 17.2 Å². The van der Waals surface area contributed by atoms with E-state index in [2.05, 4.69) is 4.90 Å². The SMILES string of the molecule is COc1ccc(-c2c(C)oc3c4c(ccc3c2=O)OCN(C2CCCCC2)C4)cc1OC. The van der Waals surface area contributed by atoms with E-state index in [4.69, 9.17) is 18.6 Å². The second-order valence-electron chi connectivity index (χ2n) is 8.66. The van der Waals surface area contributed by atoms with E-state index in [0.717, 1.165) is 23.4 Å². The number of methoxy groups -OCH3 is 2. The van der Waals surface area contributed by atoms with Gasteiger partial charge in [-0.25, -0.2) is 0 Å². The third kappa shape index (κ3) is 3.52. The van der Waals surface area contributed by atoms with Gasteiger partial charge in [0, 0.05) is 12.6 Å². The Kier molecular flexibility index (Phi) is 5.55. The maximum Gasteiger partial charge on any atom is 0.200 e. The van der Waals surface area contributed by atoms with Gasteiger partial charge in [-0.1, -0.05) is 25.3 Å². The summed E-state index contributed by atoms with van der Waals surface area (Å²) in [6.07, 6.45) is 6.27. The average molecular weight is 436 g/mol. The number of fused-ring (bicyclic) bond motifs is 3. The zero-order chi connectivity index (χ0) is 22.2. The average Bonchev–Trinajstić information content (AvgIpc) is 2.84. The molecular weight excluding hydrogens is 406 g/mol. The number of aryl methyl sites for hydroxylation is 1. The standard InChI is InChI=1S/C26H29NO5/c1-16-24(17-9-11-22(29-2)23(13-17)30-3)25(28)19-10-12-21-20(26(19)32-16)14-27(15-31-21)18-7-5-4-6-8-18/h9-13,18H,4-8,14-15H2,1-3H3. The summed E-state index contributed by atoms with van der Waals surface area (Å²) < 4.78 is 23.2. The molecule has 3 aromatic rings. The van der Waals surface area contributed by atoms with Crippen molar-refractivity contribution in [3.8, 4) is 28.4 Å². The topological polar surface area (TPSA) is 61.1 Å². The minimum Gasteiger partial charge on any atom is -0.493 e. The Morgan fingerprint density at radius 1 is 1.00 bits per heavy atom. The van der Waals surface area contributed by atoms with Crippen molar-refractivity contribution in [1.82, 2.24) is 4.90 Å². The van der Waals surface area contributed by atoms with E-state index in [1.54, 1.807) is 20.3 Å². The smallest absolute Gasteiger partial charge is 0.200 e. The molecule has 2 aromatic carbocycles. The first-order valence-electron chi connectivity index (χ1n) is 11.3. The Morgan fingerprint density at radius 3 is 2.53 bits per heavy atom. The molecule has 32 heavy (non-hydrogen) atoms. The fourth-order valence-corrected chi connectivity index (χ4v) is 5.10. The number of benzene rings is 2. The van der Waals surface area contributed by atoms with Gasteiger partial charge in [-0.05, 0) is 49.6 Å². The van der Waals surface area contributed by atoms with Crippen LogP contribution in [0.2, 0.25) is 0 Å². The van der Waals surface area contributed by atoms with Crippen LogP contribution in [0.4, 0.5) is 0 Å². The molecule has 1 aliphatic heterocycles. The largest absolute Gasteiger partial charge is 0.493 e. The van der Waals surface area contributed by atoms with E-state index < -0.39 is 0 Å². The second kappa shape index (κ2) is 8.51. The zero-order valence-electron chi connectivity index (χ0n) is 18.9. The highest BCUT2D eigenvalue weighted by Crippen LogP contribution is 2.37. The number of nitrogens with zero attached hydrogens (tertiary/aromatic N) is 1. The van der Waals surface area contributed by atoms with Crippen LogP contribution >= 0.6 is 0 Å². The lowest BCUT2D eigenvalue weighted by atomic mass is 9.93. The van der Waals surface area contributed by atoms with Gasteiger partial charge >= 0.3 is 0 Å². The third-order valence-electron chi connectivity index (χ3n) is 6.81. The summed E-state index contributed by atoms with van der Waals surface area (Å²) in [5.74, 6) is 2.59. The lowest BCUT2D eigenvalue weighted by Crippen LogP contribution is -2.41. The van der Waals surface area contributed by atoms with Crippen molar-refractivity contribution in [3.63, 3.8) is 0 Å². The van der Waals surface area contributed by atoms with Gasteiger partial charge < -0.3 is 18.6 Å². The zero-order valence-corrected chi connectivity index (χ0v) is 18.9. The Balaban J connectivity index is 1.59. The van der Waals surface area contributed by atoms with Crippen LogP contribution in [0.3, 0.4) is 0 Å². The van der Waals surface area contributed by atoms with Crippen molar-refractivity contribution >= 4 is 11.0 Å². The summed E-state index contributed by atoms with van der Waals surface area (Å²) in [5.41, 5.74) is 2.84. The van der Waals surface area contributed by atoms with Crippen LogP contribution in [0.15, 0.2) is 39.5 Å². The number of hydrogen-bond acceptors (Lipinski definition) is 6. The fourth-order valence-electron chi connectivity index (χ4n) is 5.10. The molecule has 0 amide bonds. The van der Waals surface area contributed by atoms with E-state index in [9.17, 15) is 4.79 Å². The summed E-state index contributed by atoms with van der Waals surface area (Å²) in [6, 6.07) is 9.74. The van der Waals surface area contributed by atoms with Gasteiger partial charge in [0.25, 0.3) is 0 Å². The molecule has 0 atom stereocenters. The van der Waals surface area contributed by atoms with Gasteiger partial charge in [0.15, 0.2) is 11.5 Å². The lowest BCUT2D eigenvalue weighted by Gasteiger charge is -2.37. The normalized spacial score (nSPS) is 17.1. The maximum absolute atomic E-state index is 13.6. The Labute approximate surface area is 187 Å². The monoisotopic (exact) mass is 435 g/mol. The van der Waals surface area contributed by atoms with Gasteiger partial charge in [-0.3, -0.25) is 9.69 Å². The molecule has 168 valence electrons. The van der Waals surface area contributed by atoms with Crippen LogP contribution in [0.25, 0.3) is 22.1 Å². The van der Waals surface area contributed by atoms with Crippen molar-refractivity contribution in [2.24, 2.45) is 0 Å². The van der Waals surface area contributed by atoms with E-state index in [1.807, 2.05) is 31.2 Å². The molecule has 1 aliphatic carbocycles. The predicted molar refractivity (Wildman–Crippen MR) is 124 cm³/mol. The fraction of sp³-hybridized carbons (Fsp3) is 0.423. The van der Waals surface area contributed by atoms with Crippen molar-refractivity contribution in [2.45, 2.75) is 51.6 Å². The Hall–Kier alpha value is -2.99. The van der Waals surface area contributed by atoms with Gasteiger partial charge in [0.2, 0.25) is 5.43 Å². The quantitative estimate of drug-likeness (QED) is 0.556. The number of rotatable bonds is 4. The number of ether oxygens (including phenoxy) is 3. The highest BCUT2D eigenvalue weighted by Gasteiger charge is 2.29. The molecule has 6 heteroatoms. The molecule has 0 N–H and O–H groups in total. The van der Waals surface area contributed by atoms with E-state index in [-0.39, 0.29) is 5.43 Å². The molecular formula is C26H29NO5. The highest BCUT2D eigenvalue weighted by molar-refractivity contribution is 5.87. The molecule has 6 nitrogen and oxygen atoms in total. The molecule has 1 saturated carbocycles. The van der Waals surface area contributed by atoms with E-state index in [0.29, 0.717) is 46.6 Å². The molecule has 0 radical (unpaired) electrons. The molecule has 1 fully saturated rings. The molecule has 2 heterocycles. The molecule has 5 rings (SSSR count). The molecule has 0 saturated heterocycles. The predicted octanol–water partition coefficient (Wildman–Crippen LogP) is 5.27. The summed E-state index contributed by atoms with van der Waals surface area (Å²) in [7, 11) is 3.18. The van der Waals surface area contributed by atoms with Crippen molar-refractivity contribution < 1.29 is 18.6 Å². The number of hydrogen-bond donors (Lipinski definition) is 0. The minimum atomic E-state index is -0.0476. The minimum absolute atomic E-state index is 0.0476. The molecule has 0 bridgehead atoms. The second-order valence-corrected chi connectivity index (χ2v) is 8.66. The van der Waals surface area contributed by atoms with Crippen molar-refractivity contribution in [1.29, 1.82) is 0 Å². The van der Waals surface area contributed by atoms with Crippen LogP contribution in [0.1, 0.15) is 43.4 Å². The summed E-state index contributed by atoms with van der Waals surface area (Å²) in [6.45, 7) is 3.18.